The van der Waals surface area contributed by atoms with E-state index in [1.54, 1.807) is 6.07 Å². The third-order valence-electron chi connectivity index (χ3n) is 3.07. The third-order valence-corrected chi connectivity index (χ3v) is 3.07. The lowest BCUT2D eigenvalue weighted by molar-refractivity contribution is 0.523. The number of halogens is 1. The highest BCUT2D eigenvalue weighted by molar-refractivity contribution is 5.33. The molecular formula is C16H17F. The highest BCUT2D eigenvalue weighted by atomic mass is 19.1. The largest absolute Gasteiger partial charge is 0.207 e. The van der Waals surface area contributed by atoms with Crippen molar-refractivity contribution in [2.75, 3.05) is 0 Å². The van der Waals surface area contributed by atoms with Gasteiger partial charge in [0.05, 0.1) is 0 Å². The van der Waals surface area contributed by atoms with Crippen molar-refractivity contribution in [3.8, 4) is 0 Å². The van der Waals surface area contributed by atoms with Gasteiger partial charge >= 0.3 is 0 Å². The van der Waals surface area contributed by atoms with E-state index < -0.39 is 0 Å². The molecule has 0 fully saturated rings. The van der Waals surface area contributed by atoms with Crippen LogP contribution in [0.3, 0.4) is 0 Å². The summed E-state index contributed by atoms with van der Waals surface area (Å²) in [5.74, 6) is 0.377. The van der Waals surface area contributed by atoms with Crippen LogP contribution >= 0.6 is 0 Å². The topological polar surface area (TPSA) is 0 Å². The van der Waals surface area contributed by atoms with E-state index in [-0.39, 0.29) is 11.7 Å². The highest BCUT2D eigenvalue weighted by Crippen LogP contribution is 2.32. The van der Waals surface area contributed by atoms with Crippen LogP contribution in [0.2, 0.25) is 0 Å². The van der Waals surface area contributed by atoms with E-state index >= 15 is 0 Å². The summed E-state index contributed by atoms with van der Waals surface area (Å²) in [5.41, 5.74) is 1.96. The van der Waals surface area contributed by atoms with Gasteiger partial charge in [-0.05, 0) is 23.1 Å². The van der Waals surface area contributed by atoms with Crippen molar-refractivity contribution in [3.63, 3.8) is 0 Å². The van der Waals surface area contributed by atoms with Gasteiger partial charge in [0.15, 0.2) is 0 Å². The van der Waals surface area contributed by atoms with E-state index in [0.717, 1.165) is 5.56 Å². The molecule has 0 aliphatic rings. The second-order valence-corrected chi connectivity index (χ2v) is 4.65. The standard InChI is InChI=1S/C16H17F/c1-12(2)16(13-8-4-3-5-9-13)14-10-6-7-11-15(14)17/h3-12,16H,1-2H3/t16-/m0/s1. The molecule has 1 heteroatoms. The Kier molecular flexibility index (Phi) is 3.58. The van der Waals surface area contributed by atoms with E-state index in [0.29, 0.717) is 5.92 Å². The van der Waals surface area contributed by atoms with E-state index in [1.165, 1.54) is 11.6 Å². The van der Waals surface area contributed by atoms with Crippen LogP contribution in [0.15, 0.2) is 54.6 Å². The second kappa shape index (κ2) is 5.13. The van der Waals surface area contributed by atoms with Gasteiger partial charge in [-0.1, -0.05) is 62.4 Å². The van der Waals surface area contributed by atoms with Crippen LogP contribution < -0.4 is 0 Å². The Morgan fingerprint density at radius 2 is 1.41 bits per heavy atom. The zero-order valence-corrected chi connectivity index (χ0v) is 10.2. The van der Waals surface area contributed by atoms with Crippen molar-refractivity contribution >= 4 is 0 Å². The molecule has 0 nitrogen and oxygen atoms in total. The molecule has 0 N–H and O–H groups in total. The van der Waals surface area contributed by atoms with Gasteiger partial charge in [0.1, 0.15) is 5.82 Å². The Balaban J connectivity index is 2.47. The summed E-state index contributed by atoms with van der Waals surface area (Å²) in [7, 11) is 0. The Bertz CT molecular complexity index is 474. The summed E-state index contributed by atoms with van der Waals surface area (Å²) in [6, 6.07) is 17.2. The summed E-state index contributed by atoms with van der Waals surface area (Å²) in [6.07, 6.45) is 0. The summed E-state index contributed by atoms with van der Waals surface area (Å²) in [5, 5.41) is 0. The van der Waals surface area contributed by atoms with Crippen LogP contribution in [0, 0.1) is 11.7 Å². The molecule has 88 valence electrons. The lowest BCUT2D eigenvalue weighted by Gasteiger charge is -2.22. The van der Waals surface area contributed by atoms with Crippen molar-refractivity contribution in [1.82, 2.24) is 0 Å². The molecule has 0 aliphatic heterocycles. The smallest absolute Gasteiger partial charge is 0.127 e. The minimum atomic E-state index is -0.116. The van der Waals surface area contributed by atoms with E-state index in [9.17, 15) is 4.39 Å². The lowest BCUT2D eigenvalue weighted by Crippen LogP contribution is -2.10. The van der Waals surface area contributed by atoms with E-state index in [4.69, 9.17) is 0 Å². The molecule has 0 saturated carbocycles. The quantitative estimate of drug-likeness (QED) is 0.719. The first-order valence-electron chi connectivity index (χ1n) is 5.99. The van der Waals surface area contributed by atoms with Gasteiger partial charge in [-0.3, -0.25) is 0 Å². The van der Waals surface area contributed by atoms with Gasteiger partial charge in [-0.15, -0.1) is 0 Å². The zero-order valence-electron chi connectivity index (χ0n) is 10.2. The van der Waals surface area contributed by atoms with Crippen LogP contribution in [0.1, 0.15) is 30.9 Å². The maximum atomic E-state index is 13.9. The molecular weight excluding hydrogens is 211 g/mol. The normalized spacial score (nSPS) is 12.7. The monoisotopic (exact) mass is 228 g/mol. The summed E-state index contributed by atoms with van der Waals surface area (Å²) >= 11 is 0. The molecule has 0 radical (unpaired) electrons. The summed E-state index contributed by atoms with van der Waals surface area (Å²) in [4.78, 5) is 0. The molecule has 2 aromatic rings. The molecule has 0 amide bonds. The first-order valence-corrected chi connectivity index (χ1v) is 5.99. The van der Waals surface area contributed by atoms with Crippen LogP contribution in [-0.4, -0.2) is 0 Å². The van der Waals surface area contributed by atoms with E-state index in [1.807, 2.05) is 30.3 Å². The zero-order chi connectivity index (χ0) is 12.3. The van der Waals surface area contributed by atoms with Gasteiger partial charge in [0, 0.05) is 5.92 Å². The maximum absolute atomic E-state index is 13.9. The molecule has 0 heterocycles. The summed E-state index contributed by atoms with van der Waals surface area (Å²) in [6.45, 7) is 4.26. The Morgan fingerprint density at radius 1 is 0.824 bits per heavy atom. The molecule has 2 aromatic carbocycles. The lowest BCUT2D eigenvalue weighted by atomic mass is 9.82. The molecule has 0 bridgehead atoms. The van der Waals surface area contributed by atoms with Crippen molar-refractivity contribution in [2.24, 2.45) is 5.92 Å². The molecule has 17 heavy (non-hydrogen) atoms. The molecule has 0 unspecified atom stereocenters. The molecule has 1 atom stereocenters. The fourth-order valence-electron chi connectivity index (χ4n) is 2.31. The number of hydrogen-bond acceptors (Lipinski definition) is 0. The molecule has 0 saturated heterocycles. The Morgan fingerprint density at radius 3 is 2.00 bits per heavy atom. The van der Waals surface area contributed by atoms with Gasteiger partial charge in [0.25, 0.3) is 0 Å². The minimum Gasteiger partial charge on any atom is -0.207 e. The first kappa shape index (κ1) is 11.8. The van der Waals surface area contributed by atoms with Gasteiger partial charge in [0.2, 0.25) is 0 Å². The fraction of sp³-hybridized carbons (Fsp3) is 0.250. The average Bonchev–Trinajstić information content (AvgIpc) is 2.33. The van der Waals surface area contributed by atoms with Crippen LogP contribution in [0.25, 0.3) is 0 Å². The molecule has 0 spiro atoms. The fourth-order valence-corrected chi connectivity index (χ4v) is 2.31. The molecule has 2 rings (SSSR count). The number of benzene rings is 2. The molecule has 0 aliphatic carbocycles. The van der Waals surface area contributed by atoms with Gasteiger partial charge in [-0.25, -0.2) is 4.39 Å². The van der Waals surface area contributed by atoms with Gasteiger partial charge in [-0.2, -0.15) is 0 Å². The molecule has 0 aromatic heterocycles. The van der Waals surface area contributed by atoms with Crippen LogP contribution in [0.5, 0.6) is 0 Å². The SMILES string of the molecule is CC(C)[C@@H](c1ccccc1)c1ccccc1F. The van der Waals surface area contributed by atoms with Crippen molar-refractivity contribution < 1.29 is 4.39 Å². The van der Waals surface area contributed by atoms with Crippen LogP contribution in [0.4, 0.5) is 4.39 Å². The van der Waals surface area contributed by atoms with E-state index in [2.05, 4.69) is 26.0 Å². The maximum Gasteiger partial charge on any atom is 0.127 e. The third kappa shape index (κ3) is 2.55. The van der Waals surface area contributed by atoms with Gasteiger partial charge < -0.3 is 0 Å². The number of rotatable bonds is 3. The second-order valence-electron chi connectivity index (χ2n) is 4.65. The van der Waals surface area contributed by atoms with Crippen molar-refractivity contribution in [2.45, 2.75) is 19.8 Å². The Hall–Kier alpha value is -1.63. The first-order chi connectivity index (χ1) is 8.20. The number of hydrogen-bond donors (Lipinski definition) is 0. The minimum absolute atomic E-state index is 0.116. The van der Waals surface area contributed by atoms with Crippen molar-refractivity contribution in [3.05, 3.63) is 71.5 Å². The Labute approximate surface area is 102 Å². The predicted molar refractivity (Wildman–Crippen MR) is 69.5 cm³/mol. The summed E-state index contributed by atoms with van der Waals surface area (Å²) < 4.78 is 13.9. The van der Waals surface area contributed by atoms with Crippen LogP contribution in [-0.2, 0) is 0 Å². The average molecular weight is 228 g/mol. The highest BCUT2D eigenvalue weighted by Gasteiger charge is 2.20. The van der Waals surface area contributed by atoms with Crippen molar-refractivity contribution in [1.29, 1.82) is 0 Å². The predicted octanol–water partition coefficient (Wildman–Crippen LogP) is 4.61.